The van der Waals surface area contributed by atoms with Gasteiger partial charge in [0.15, 0.2) is 5.82 Å². The van der Waals surface area contributed by atoms with Crippen LogP contribution in [-0.4, -0.2) is 50.2 Å². The van der Waals surface area contributed by atoms with Gasteiger partial charge in [0, 0.05) is 55.6 Å². The van der Waals surface area contributed by atoms with Crippen molar-refractivity contribution in [1.29, 1.82) is 0 Å². The lowest BCUT2D eigenvalue weighted by molar-refractivity contribution is 0.228. The average molecular weight is 430 g/mol. The highest BCUT2D eigenvalue weighted by Gasteiger charge is 2.30. The van der Waals surface area contributed by atoms with Crippen LogP contribution in [0.1, 0.15) is 5.56 Å². The van der Waals surface area contributed by atoms with E-state index >= 15 is 0 Å². The van der Waals surface area contributed by atoms with Gasteiger partial charge in [-0.2, -0.15) is 5.10 Å². The van der Waals surface area contributed by atoms with E-state index in [1.54, 1.807) is 18.5 Å². The molecule has 2 aliphatic heterocycles. The van der Waals surface area contributed by atoms with Crippen LogP contribution in [0.5, 0.6) is 0 Å². The van der Waals surface area contributed by atoms with Crippen molar-refractivity contribution in [3.05, 3.63) is 72.4 Å². The molecule has 8 heteroatoms. The summed E-state index contributed by atoms with van der Waals surface area (Å²) in [5.74, 6) is 0.610. The summed E-state index contributed by atoms with van der Waals surface area (Å²) < 4.78 is 17.4. The molecule has 0 unspecified atom stereocenters. The van der Waals surface area contributed by atoms with Crippen molar-refractivity contribution in [2.75, 3.05) is 24.6 Å². The molecule has 2 aromatic heterocycles. The second-order valence-corrected chi connectivity index (χ2v) is 8.57. The molecule has 7 nitrogen and oxygen atoms in total. The summed E-state index contributed by atoms with van der Waals surface area (Å²) in [6.45, 7) is 2.23. The molecule has 32 heavy (non-hydrogen) atoms. The fraction of sp³-hybridized carbons (Fsp3) is 0.250. The summed E-state index contributed by atoms with van der Waals surface area (Å²) in [5, 5.41) is 14.1. The van der Waals surface area contributed by atoms with Gasteiger partial charge >= 0.3 is 0 Å². The monoisotopic (exact) mass is 430 g/mol. The quantitative estimate of drug-likeness (QED) is 0.460. The van der Waals surface area contributed by atoms with E-state index in [2.05, 4.69) is 50.0 Å². The predicted molar refractivity (Wildman–Crippen MR) is 120 cm³/mol. The second-order valence-electron chi connectivity index (χ2n) is 8.57. The Balaban J connectivity index is 1.42. The smallest absolute Gasteiger partial charge is 0.179 e. The third kappa shape index (κ3) is 3.03. The summed E-state index contributed by atoms with van der Waals surface area (Å²) in [4.78, 5) is 6.76. The van der Waals surface area contributed by atoms with Gasteiger partial charge in [0.25, 0.3) is 0 Å². The minimum absolute atomic E-state index is 0.0324. The van der Waals surface area contributed by atoms with E-state index < -0.39 is 0 Å². The first-order valence-electron chi connectivity index (χ1n) is 10.7. The number of hydrogen-bond acceptors (Lipinski definition) is 5. The van der Waals surface area contributed by atoms with Gasteiger partial charge in [-0.25, -0.2) is 14.1 Å². The van der Waals surface area contributed by atoms with E-state index in [4.69, 9.17) is 5.73 Å². The molecule has 2 atom stereocenters. The van der Waals surface area contributed by atoms with Crippen LogP contribution >= 0.6 is 0 Å². The SMILES string of the molecule is N[C@H]1CN(c2ccc3c(c2)Cn2cc(-c4ccc(F)cc4)cc2-c2ncnn2-3)C[C@@H]1CO. The molecular formula is C24H23FN6O. The van der Waals surface area contributed by atoms with Crippen molar-refractivity contribution in [2.24, 2.45) is 11.7 Å². The number of aromatic nitrogens is 4. The summed E-state index contributed by atoms with van der Waals surface area (Å²) in [6, 6.07) is 14.9. The first kappa shape index (κ1) is 19.2. The standard InChI is InChI=1S/C24H23FN6O/c25-19-3-1-15(2-4-19)16-8-23-24-27-14-28-31(24)22-6-5-20(7-17(22)10-30(23)9-16)29-11-18(13-32)21(26)12-29/h1-9,14,18,21,32H,10-13,26H2/t18-,21+/m1/s1. The number of anilines is 1. The molecule has 0 spiro atoms. The Morgan fingerprint density at radius 2 is 1.91 bits per heavy atom. The normalized spacial score (nSPS) is 19.4. The van der Waals surface area contributed by atoms with Crippen molar-refractivity contribution in [1.82, 2.24) is 19.3 Å². The average Bonchev–Trinajstić information content (AvgIpc) is 3.51. The minimum atomic E-state index is -0.249. The van der Waals surface area contributed by atoms with E-state index in [0.717, 1.165) is 52.7 Å². The van der Waals surface area contributed by atoms with Gasteiger partial charge in [-0.1, -0.05) is 12.1 Å². The van der Waals surface area contributed by atoms with Gasteiger partial charge in [0.05, 0.1) is 11.4 Å². The lowest BCUT2D eigenvalue weighted by Crippen LogP contribution is -2.31. The van der Waals surface area contributed by atoms with E-state index in [-0.39, 0.29) is 24.4 Å². The zero-order chi connectivity index (χ0) is 21.8. The molecule has 1 fully saturated rings. The largest absolute Gasteiger partial charge is 0.396 e. The molecule has 0 amide bonds. The van der Waals surface area contributed by atoms with Crippen LogP contribution in [0.25, 0.3) is 28.3 Å². The number of benzene rings is 2. The van der Waals surface area contributed by atoms with Gasteiger partial charge in [0.1, 0.15) is 12.1 Å². The second kappa shape index (κ2) is 7.29. The molecule has 4 heterocycles. The Kier molecular flexibility index (Phi) is 4.38. The van der Waals surface area contributed by atoms with Crippen LogP contribution in [0.4, 0.5) is 10.1 Å². The number of nitrogens with two attached hydrogens (primary N) is 1. The highest BCUT2D eigenvalue weighted by Crippen LogP contribution is 2.35. The maximum Gasteiger partial charge on any atom is 0.179 e. The number of aliphatic hydroxyl groups is 1. The number of rotatable bonds is 3. The number of nitrogens with zero attached hydrogens (tertiary/aromatic N) is 5. The van der Waals surface area contributed by atoms with Gasteiger partial charge in [-0.3, -0.25) is 0 Å². The maximum atomic E-state index is 13.4. The summed E-state index contributed by atoms with van der Waals surface area (Å²) in [7, 11) is 0. The van der Waals surface area contributed by atoms with Gasteiger partial charge < -0.3 is 20.3 Å². The van der Waals surface area contributed by atoms with Crippen LogP contribution in [0.15, 0.2) is 61.1 Å². The van der Waals surface area contributed by atoms with Crippen molar-refractivity contribution in [3.8, 4) is 28.3 Å². The number of hydrogen-bond donors (Lipinski definition) is 2. The third-order valence-corrected chi connectivity index (χ3v) is 6.57. The zero-order valence-corrected chi connectivity index (χ0v) is 17.4. The summed E-state index contributed by atoms with van der Waals surface area (Å²) in [5.41, 5.74) is 12.3. The van der Waals surface area contributed by atoms with E-state index in [1.807, 2.05) is 4.68 Å². The molecule has 6 rings (SSSR count). The van der Waals surface area contributed by atoms with Crippen molar-refractivity contribution in [2.45, 2.75) is 12.6 Å². The Bertz CT molecular complexity index is 1290. The van der Waals surface area contributed by atoms with Crippen LogP contribution in [0.3, 0.4) is 0 Å². The lowest BCUT2D eigenvalue weighted by atomic mass is 10.1. The molecule has 4 aromatic rings. The highest BCUT2D eigenvalue weighted by molar-refractivity contribution is 5.71. The molecule has 0 bridgehead atoms. The topological polar surface area (TPSA) is 85.1 Å². The van der Waals surface area contributed by atoms with Crippen molar-refractivity contribution < 1.29 is 9.50 Å². The van der Waals surface area contributed by atoms with E-state index in [1.165, 1.54) is 12.1 Å². The Labute approximate surface area is 184 Å². The lowest BCUT2D eigenvalue weighted by Gasteiger charge is -2.20. The van der Waals surface area contributed by atoms with E-state index in [9.17, 15) is 9.50 Å². The van der Waals surface area contributed by atoms with Crippen LogP contribution < -0.4 is 10.6 Å². The summed E-state index contributed by atoms with van der Waals surface area (Å²) >= 11 is 0. The first-order chi connectivity index (χ1) is 15.6. The van der Waals surface area contributed by atoms with Crippen molar-refractivity contribution in [3.63, 3.8) is 0 Å². The van der Waals surface area contributed by atoms with Gasteiger partial charge in [0.2, 0.25) is 0 Å². The zero-order valence-electron chi connectivity index (χ0n) is 17.4. The molecule has 3 N–H and O–H groups in total. The van der Waals surface area contributed by atoms with Crippen LogP contribution in [0.2, 0.25) is 0 Å². The fourth-order valence-corrected chi connectivity index (χ4v) is 4.81. The van der Waals surface area contributed by atoms with Gasteiger partial charge in [-0.05, 0) is 47.5 Å². The van der Waals surface area contributed by atoms with E-state index in [0.29, 0.717) is 6.54 Å². The molecule has 1 saturated heterocycles. The van der Waals surface area contributed by atoms with Gasteiger partial charge in [-0.15, -0.1) is 0 Å². The number of fused-ring (bicyclic) bond motifs is 5. The van der Waals surface area contributed by atoms with Crippen LogP contribution in [-0.2, 0) is 6.54 Å². The Morgan fingerprint density at radius 1 is 1.06 bits per heavy atom. The first-order valence-corrected chi connectivity index (χ1v) is 10.7. The Hall–Kier alpha value is -3.49. The van der Waals surface area contributed by atoms with Crippen LogP contribution in [0, 0.1) is 11.7 Å². The molecule has 2 aliphatic rings. The Morgan fingerprint density at radius 3 is 2.69 bits per heavy atom. The maximum absolute atomic E-state index is 13.4. The number of halogens is 1. The molecule has 0 radical (unpaired) electrons. The molecule has 2 aromatic carbocycles. The minimum Gasteiger partial charge on any atom is -0.396 e. The number of aliphatic hydroxyl groups excluding tert-OH is 1. The highest BCUT2D eigenvalue weighted by atomic mass is 19.1. The molecule has 0 aliphatic carbocycles. The predicted octanol–water partition coefficient (Wildman–Crippen LogP) is 2.66. The molecule has 0 saturated carbocycles. The van der Waals surface area contributed by atoms with Crippen molar-refractivity contribution >= 4 is 5.69 Å². The molecule has 162 valence electrons. The third-order valence-electron chi connectivity index (χ3n) is 6.57. The fourth-order valence-electron chi connectivity index (χ4n) is 4.81. The summed E-state index contributed by atoms with van der Waals surface area (Å²) in [6.07, 6.45) is 3.65. The molecular weight excluding hydrogens is 407 g/mol.